The first kappa shape index (κ1) is 7.19. The van der Waals surface area contributed by atoms with Gasteiger partial charge >= 0.3 is 5.69 Å². The first-order valence-corrected chi connectivity index (χ1v) is 2.64. The molecular weight excluding hydrogens is 150 g/mol. The largest absolute Gasteiger partial charge is 0.368 e. The number of rotatable bonds is 1. The van der Waals surface area contributed by atoms with Gasteiger partial charge in [-0.1, -0.05) is 0 Å². The molecule has 0 radical (unpaired) electrons. The number of nitrogens with two attached hydrogens (primary N) is 1. The van der Waals surface area contributed by atoms with E-state index >= 15 is 0 Å². The second-order valence-corrected chi connectivity index (χ2v) is 1.79. The Morgan fingerprint density at radius 3 is 2.82 bits per heavy atom. The molecule has 0 aromatic carbocycles. The molecule has 0 aliphatic rings. The lowest BCUT2D eigenvalue weighted by atomic mass is 10.6. The molecular formula is C4H5N5O2. The Labute approximate surface area is 61.1 Å². The summed E-state index contributed by atoms with van der Waals surface area (Å²) in [6.45, 7) is 0. The number of nitrogens with one attached hydrogen (secondary N) is 1. The molecule has 0 aliphatic heterocycles. The topological polar surface area (TPSA) is 111 Å². The number of hydrogen-bond acceptors (Lipinski definition) is 4. The highest BCUT2D eigenvalue weighted by molar-refractivity contribution is 5.76. The molecule has 0 atom stereocenters. The van der Waals surface area contributed by atoms with E-state index in [0.29, 0.717) is 0 Å². The molecule has 3 N–H and O–H groups in total. The van der Waals surface area contributed by atoms with E-state index in [2.05, 4.69) is 5.10 Å². The zero-order chi connectivity index (χ0) is 8.43. The van der Waals surface area contributed by atoms with Crippen molar-refractivity contribution in [2.75, 3.05) is 0 Å². The quantitative estimate of drug-likeness (QED) is 0.247. The van der Waals surface area contributed by atoms with Gasteiger partial charge in [0.1, 0.15) is 12.4 Å². The predicted octanol–water partition coefficient (Wildman–Crippen LogP) is -0.467. The van der Waals surface area contributed by atoms with Gasteiger partial charge in [0, 0.05) is 0 Å². The van der Waals surface area contributed by atoms with Crippen LogP contribution >= 0.6 is 0 Å². The van der Waals surface area contributed by atoms with Crippen molar-refractivity contribution in [2.24, 2.45) is 5.73 Å². The van der Waals surface area contributed by atoms with Crippen molar-refractivity contribution in [3.8, 4) is 0 Å². The Balaban J connectivity index is 2.99. The summed E-state index contributed by atoms with van der Waals surface area (Å²) in [6.07, 6.45) is 2.10. The van der Waals surface area contributed by atoms with Crippen molar-refractivity contribution in [3.63, 3.8) is 0 Å². The molecule has 1 aromatic rings. The van der Waals surface area contributed by atoms with Crippen LogP contribution in [0, 0.1) is 15.5 Å². The molecule has 0 saturated heterocycles. The van der Waals surface area contributed by atoms with E-state index < -0.39 is 4.92 Å². The molecule has 0 unspecified atom stereocenters. The third-order valence-corrected chi connectivity index (χ3v) is 1.03. The van der Waals surface area contributed by atoms with Crippen LogP contribution in [0.2, 0.25) is 0 Å². The van der Waals surface area contributed by atoms with Gasteiger partial charge in [-0.3, -0.25) is 15.5 Å². The lowest BCUT2D eigenvalue weighted by molar-refractivity contribution is -0.384. The van der Waals surface area contributed by atoms with E-state index in [1.165, 1.54) is 0 Å². The van der Waals surface area contributed by atoms with Crippen LogP contribution in [0.3, 0.4) is 0 Å². The van der Waals surface area contributed by atoms with Crippen molar-refractivity contribution in [2.45, 2.75) is 0 Å². The zero-order valence-electron chi connectivity index (χ0n) is 5.39. The average molecular weight is 155 g/mol. The molecule has 11 heavy (non-hydrogen) atoms. The van der Waals surface area contributed by atoms with Crippen molar-refractivity contribution >= 4 is 11.6 Å². The van der Waals surface area contributed by atoms with Gasteiger partial charge in [-0.25, -0.2) is 4.68 Å². The van der Waals surface area contributed by atoms with Gasteiger partial charge in [-0.2, -0.15) is 5.10 Å². The summed E-state index contributed by atoms with van der Waals surface area (Å²) in [4.78, 5) is 9.47. The van der Waals surface area contributed by atoms with Crippen molar-refractivity contribution < 1.29 is 4.92 Å². The molecule has 1 heterocycles. The van der Waals surface area contributed by atoms with Crippen LogP contribution in [0.1, 0.15) is 0 Å². The predicted molar refractivity (Wildman–Crippen MR) is 36.2 cm³/mol. The Kier molecular flexibility index (Phi) is 1.55. The van der Waals surface area contributed by atoms with Crippen molar-refractivity contribution in [3.05, 3.63) is 22.5 Å². The van der Waals surface area contributed by atoms with Crippen LogP contribution in [-0.2, 0) is 0 Å². The molecule has 0 spiro atoms. The highest BCUT2D eigenvalue weighted by Crippen LogP contribution is 2.06. The third kappa shape index (κ3) is 1.31. The average Bonchev–Trinajstić information content (AvgIpc) is 2.33. The number of nitro groups is 1. The molecule has 7 heteroatoms. The summed E-state index contributed by atoms with van der Waals surface area (Å²) in [5.41, 5.74) is 4.81. The molecule has 7 nitrogen and oxygen atoms in total. The van der Waals surface area contributed by atoms with Crippen molar-refractivity contribution in [1.82, 2.24) is 9.78 Å². The van der Waals surface area contributed by atoms with Crippen LogP contribution in [0.25, 0.3) is 0 Å². The maximum atomic E-state index is 10.1. The molecule has 58 valence electrons. The lowest BCUT2D eigenvalue weighted by Gasteiger charge is -1.90. The van der Waals surface area contributed by atoms with Gasteiger partial charge in [0.25, 0.3) is 0 Å². The zero-order valence-corrected chi connectivity index (χ0v) is 5.39. The van der Waals surface area contributed by atoms with Gasteiger partial charge in [-0.15, -0.1) is 0 Å². The fourth-order valence-electron chi connectivity index (χ4n) is 0.539. The van der Waals surface area contributed by atoms with E-state index in [1.807, 2.05) is 0 Å². The van der Waals surface area contributed by atoms with E-state index in [-0.39, 0.29) is 11.6 Å². The molecule has 0 fully saturated rings. The molecule has 0 saturated carbocycles. The lowest BCUT2D eigenvalue weighted by Crippen LogP contribution is -2.20. The van der Waals surface area contributed by atoms with Crippen LogP contribution in [-0.4, -0.2) is 20.7 Å². The fraction of sp³-hybridized carbons (Fsp3) is 0. The summed E-state index contributed by atoms with van der Waals surface area (Å²) in [7, 11) is 0. The maximum Gasteiger partial charge on any atom is 0.307 e. The second kappa shape index (κ2) is 2.37. The summed E-state index contributed by atoms with van der Waals surface area (Å²) in [5.74, 6) is -0.349. The van der Waals surface area contributed by atoms with E-state index in [0.717, 1.165) is 17.1 Å². The standard InChI is InChI=1S/C4H5N5O2/c5-4(6)8-2-3(1-7-8)9(10)11/h1-2H,(H3,5,6). The number of nitrogens with zero attached hydrogens (tertiary/aromatic N) is 3. The third-order valence-electron chi connectivity index (χ3n) is 1.03. The van der Waals surface area contributed by atoms with Gasteiger partial charge in [-0.05, 0) is 0 Å². The summed E-state index contributed by atoms with van der Waals surface area (Å²) in [5, 5.41) is 20.4. The number of nitrogen functional groups attached to an aromatic ring is 1. The van der Waals surface area contributed by atoms with Crippen molar-refractivity contribution in [1.29, 1.82) is 5.41 Å². The van der Waals surface area contributed by atoms with E-state index in [9.17, 15) is 10.1 Å². The monoisotopic (exact) mass is 155 g/mol. The number of aromatic nitrogens is 2. The Bertz CT molecular complexity index is 275. The summed E-state index contributed by atoms with van der Waals surface area (Å²) in [6, 6.07) is 0. The van der Waals surface area contributed by atoms with E-state index in [4.69, 9.17) is 11.1 Å². The maximum absolute atomic E-state index is 10.1. The Morgan fingerprint density at radius 1 is 1.91 bits per heavy atom. The normalized spacial score (nSPS) is 9.45. The summed E-state index contributed by atoms with van der Waals surface area (Å²) < 4.78 is 0.915. The van der Waals surface area contributed by atoms with Crippen LogP contribution in [0.5, 0.6) is 0 Å². The van der Waals surface area contributed by atoms with Gasteiger partial charge in [0.05, 0.1) is 4.92 Å². The first-order chi connectivity index (χ1) is 5.11. The Morgan fingerprint density at radius 2 is 2.55 bits per heavy atom. The van der Waals surface area contributed by atoms with Crippen LogP contribution in [0.4, 0.5) is 5.69 Å². The van der Waals surface area contributed by atoms with Gasteiger partial charge in [0.15, 0.2) is 0 Å². The smallest absolute Gasteiger partial charge is 0.307 e. The number of hydrogen-bond donors (Lipinski definition) is 2. The molecule has 1 rings (SSSR count). The summed E-state index contributed by atoms with van der Waals surface area (Å²) >= 11 is 0. The molecule has 0 aliphatic carbocycles. The highest BCUT2D eigenvalue weighted by Gasteiger charge is 2.08. The molecule has 0 amide bonds. The highest BCUT2D eigenvalue weighted by atomic mass is 16.6. The molecule has 0 bridgehead atoms. The minimum absolute atomic E-state index is 0.180. The van der Waals surface area contributed by atoms with Gasteiger partial charge in [0.2, 0.25) is 5.96 Å². The van der Waals surface area contributed by atoms with Gasteiger partial charge < -0.3 is 5.73 Å². The fourth-order valence-corrected chi connectivity index (χ4v) is 0.539. The SMILES string of the molecule is N=C(N)n1cc([N+](=O)[O-])cn1. The Hall–Kier alpha value is -1.92. The van der Waals surface area contributed by atoms with E-state index in [1.54, 1.807) is 0 Å². The van der Waals surface area contributed by atoms with Crippen LogP contribution in [0.15, 0.2) is 12.4 Å². The minimum Gasteiger partial charge on any atom is -0.368 e. The van der Waals surface area contributed by atoms with Crippen LogP contribution < -0.4 is 5.73 Å². The first-order valence-electron chi connectivity index (χ1n) is 2.64. The molecule has 1 aromatic heterocycles. The second-order valence-electron chi connectivity index (χ2n) is 1.79. The minimum atomic E-state index is -0.605.